The minimum Gasteiger partial charge on any atom is -0.313 e. The summed E-state index contributed by atoms with van der Waals surface area (Å²) in [5.41, 5.74) is 1.22. The topological polar surface area (TPSA) is 24.9 Å². The average molecular weight is 251 g/mol. The summed E-state index contributed by atoms with van der Waals surface area (Å²) < 4.78 is 0.484. The van der Waals surface area contributed by atoms with Gasteiger partial charge in [0.1, 0.15) is 5.15 Å². The van der Waals surface area contributed by atoms with Crippen molar-refractivity contribution in [1.29, 1.82) is 0 Å². The van der Waals surface area contributed by atoms with Gasteiger partial charge in [-0.25, -0.2) is 4.98 Å². The highest BCUT2D eigenvalue weighted by atomic mass is 35.5. The molecule has 0 amide bonds. The summed E-state index contributed by atoms with van der Waals surface area (Å²) in [5.74, 6) is 0. The molecule has 1 aromatic rings. The molecular weight excluding hydrogens is 239 g/mol. The largest absolute Gasteiger partial charge is 0.313 e. The third-order valence-electron chi connectivity index (χ3n) is 1.61. The van der Waals surface area contributed by atoms with Crippen molar-refractivity contribution in [2.75, 3.05) is 13.1 Å². The lowest BCUT2D eigenvalue weighted by Crippen LogP contribution is -2.14. The molecule has 0 aromatic carbocycles. The average Bonchev–Trinajstić information content (AvgIpc) is 2.42. The Labute approximate surface area is 97.9 Å². The van der Waals surface area contributed by atoms with E-state index in [1.165, 1.54) is 16.9 Å². The molecule has 2 nitrogen and oxygen atoms in total. The van der Waals surface area contributed by atoms with Crippen molar-refractivity contribution in [3.05, 3.63) is 20.1 Å². The van der Waals surface area contributed by atoms with Crippen molar-refractivity contribution in [3.8, 4) is 0 Å². The number of thiazole rings is 1. The Balaban J connectivity index is 2.70. The van der Waals surface area contributed by atoms with Crippen LogP contribution in [0.25, 0.3) is 6.08 Å². The summed E-state index contributed by atoms with van der Waals surface area (Å²) >= 11 is 13.0. The first-order valence-corrected chi connectivity index (χ1v) is 5.90. The maximum absolute atomic E-state index is 5.87. The first-order chi connectivity index (χ1) is 6.63. The van der Waals surface area contributed by atoms with E-state index in [1.54, 1.807) is 0 Å². The molecule has 1 heterocycles. The number of hydrogen-bond acceptors (Lipinski definition) is 3. The van der Waals surface area contributed by atoms with Crippen molar-refractivity contribution in [2.24, 2.45) is 0 Å². The zero-order chi connectivity index (χ0) is 10.6. The van der Waals surface area contributed by atoms with Gasteiger partial charge in [-0.3, -0.25) is 0 Å². The summed E-state index contributed by atoms with van der Waals surface area (Å²) in [4.78, 5) is 4.85. The van der Waals surface area contributed by atoms with Crippen molar-refractivity contribution in [3.63, 3.8) is 0 Å². The van der Waals surface area contributed by atoms with Gasteiger partial charge >= 0.3 is 0 Å². The smallest absolute Gasteiger partial charge is 0.185 e. The summed E-state index contributed by atoms with van der Waals surface area (Å²) in [6.45, 7) is 5.95. The molecule has 1 rings (SSSR count). The molecule has 0 radical (unpaired) electrons. The number of hydrogen-bond donors (Lipinski definition) is 1. The molecule has 0 saturated carbocycles. The second-order valence-electron chi connectivity index (χ2n) is 2.89. The Kier molecular flexibility index (Phi) is 4.89. The van der Waals surface area contributed by atoms with Crippen molar-refractivity contribution in [2.45, 2.75) is 13.8 Å². The predicted molar refractivity (Wildman–Crippen MR) is 64.3 cm³/mol. The summed E-state index contributed by atoms with van der Waals surface area (Å²) in [6.07, 6.45) is 2.01. The molecule has 0 aliphatic rings. The molecule has 0 fully saturated rings. The van der Waals surface area contributed by atoms with Gasteiger partial charge in [0.2, 0.25) is 0 Å². The van der Waals surface area contributed by atoms with Crippen LogP contribution in [0.2, 0.25) is 9.62 Å². The van der Waals surface area contributed by atoms with Crippen LogP contribution in [0.15, 0.2) is 5.57 Å². The number of nitrogens with one attached hydrogen (secondary N) is 1. The van der Waals surface area contributed by atoms with E-state index < -0.39 is 0 Å². The van der Waals surface area contributed by atoms with E-state index in [9.17, 15) is 0 Å². The Morgan fingerprint density at radius 2 is 2.29 bits per heavy atom. The molecule has 0 unspecified atom stereocenters. The van der Waals surface area contributed by atoms with Gasteiger partial charge in [0.15, 0.2) is 4.47 Å². The van der Waals surface area contributed by atoms with E-state index in [0.29, 0.717) is 9.62 Å². The molecule has 14 heavy (non-hydrogen) atoms. The molecule has 1 aromatic heterocycles. The van der Waals surface area contributed by atoms with Gasteiger partial charge in [0, 0.05) is 6.54 Å². The van der Waals surface area contributed by atoms with Crippen LogP contribution in [0.1, 0.15) is 18.7 Å². The SMILES string of the molecule is CCNCC(C)=Cc1sc(Cl)nc1Cl. The number of likely N-dealkylation sites (N-methyl/N-ethyl adjacent to an activating group) is 1. The number of halogens is 2. The molecule has 0 bridgehead atoms. The quantitative estimate of drug-likeness (QED) is 0.886. The van der Waals surface area contributed by atoms with Crippen LogP contribution in [0.4, 0.5) is 0 Å². The fourth-order valence-corrected chi connectivity index (χ4v) is 2.36. The van der Waals surface area contributed by atoms with E-state index >= 15 is 0 Å². The van der Waals surface area contributed by atoms with Crippen LogP contribution < -0.4 is 5.32 Å². The summed E-state index contributed by atoms with van der Waals surface area (Å²) in [7, 11) is 0. The fraction of sp³-hybridized carbons (Fsp3) is 0.444. The van der Waals surface area contributed by atoms with Crippen LogP contribution in [0, 0.1) is 0 Å². The van der Waals surface area contributed by atoms with Crippen LogP contribution in [-0.4, -0.2) is 18.1 Å². The molecule has 0 aliphatic carbocycles. The molecule has 5 heteroatoms. The number of rotatable bonds is 4. The van der Waals surface area contributed by atoms with Gasteiger partial charge in [-0.1, -0.05) is 35.7 Å². The Morgan fingerprint density at radius 1 is 1.57 bits per heavy atom. The monoisotopic (exact) mass is 250 g/mol. The summed E-state index contributed by atoms with van der Waals surface area (Å²) in [5, 5.41) is 3.72. The Hall–Kier alpha value is -0.0900. The lowest BCUT2D eigenvalue weighted by Gasteiger charge is -2.00. The van der Waals surface area contributed by atoms with E-state index in [1.807, 2.05) is 13.0 Å². The Bertz CT molecular complexity index is 334. The second-order valence-corrected chi connectivity index (χ2v) is 4.86. The highest BCUT2D eigenvalue weighted by molar-refractivity contribution is 7.17. The van der Waals surface area contributed by atoms with Crippen LogP contribution in [-0.2, 0) is 0 Å². The number of nitrogens with zero attached hydrogens (tertiary/aromatic N) is 1. The molecule has 78 valence electrons. The molecule has 0 spiro atoms. The highest BCUT2D eigenvalue weighted by Gasteiger charge is 2.04. The molecular formula is C9H12Cl2N2S. The van der Waals surface area contributed by atoms with Gasteiger partial charge in [-0.2, -0.15) is 0 Å². The lowest BCUT2D eigenvalue weighted by atomic mass is 10.2. The van der Waals surface area contributed by atoms with E-state index in [0.717, 1.165) is 18.0 Å². The minimum absolute atomic E-state index is 0.482. The zero-order valence-electron chi connectivity index (χ0n) is 8.10. The molecule has 0 aliphatic heterocycles. The minimum atomic E-state index is 0.482. The van der Waals surface area contributed by atoms with Crippen molar-refractivity contribution < 1.29 is 0 Å². The van der Waals surface area contributed by atoms with Crippen LogP contribution >= 0.6 is 34.5 Å². The third kappa shape index (κ3) is 3.58. The van der Waals surface area contributed by atoms with Crippen LogP contribution in [0.5, 0.6) is 0 Å². The summed E-state index contributed by atoms with van der Waals surface area (Å²) in [6, 6.07) is 0. The lowest BCUT2D eigenvalue weighted by molar-refractivity contribution is 0.779. The van der Waals surface area contributed by atoms with Crippen LogP contribution in [0.3, 0.4) is 0 Å². The normalized spacial score (nSPS) is 12.1. The molecule has 0 saturated heterocycles. The third-order valence-corrected chi connectivity index (χ3v) is 3.12. The van der Waals surface area contributed by atoms with Crippen molar-refractivity contribution >= 4 is 40.6 Å². The van der Waals surface area contributed by atoms with E-state index in [4.69, 9.17) is 23.2 Å². The predicted octanol–water partition coefficient (Wildman–Crippen LogP) is 3.46. The van der Waals surface area contributed by atoms with Gasteiger partial charge in [-0.15, -0.1) is 11.3 Å². The first-order valence-electron chi connectivity index (χ1n) is 4.33. The Morgan fingerprint density at radius 3 is 2.79 bits per heavy atom. The first kappa shape index (κ1) is 12.0. The second kappa shape index (κ2) is 5.71. The molecule has 0 atom stereocenters. The van der Waals surface area contributed by atoms with Crippen molar-refractivity contribution in [1.82, 2.24) is 10.3 Å². The number of aromatic nitrogens is 1. The maximum atomic E-state index is 5.87. The highest BCUT2D eigenvalue weighted by Crippen LogP contribution is 2.28. The zero-order valence-corrected chi connectivity index (χ0v) is 10.4. The van der Waals surface area contributed by atoms with E-state index in [2.05, 4.69) is 17.2 Å². The molecule has 1 N–H and O–H groups in total. The van der Waals surface area contributed by atoms with Gasteiger partial charge in [0.25, 0.3) is 0 Å². The maximum Gasteiger partial charge on any atom is 0.185 e. The van der Waals surface area contributed by atoms with Gasteiger partial charge in [0.05, 0.1) is 4.88 Å². The van der Waals surface area contributed by atoms with Gasteiger partial charge in [-0.05, 0) is 19.5 Å². The standard InChI is InChI=1S/C9H12Cl2N2S/c1-3-12-5-6(2)4-7-8(10)13-9(11)14-7/h4,12H,3,5H2,1-2H3. The van der Waals surface area contributed by atoms with E-state index in [-0.39, 0.29) is 0 Å². The van der Waals surface area contributed by atoms with Gasteiger partial charge < -0.3 is 5.32 Å². The fourth-order valence-electron chi connectivity index (χ4n) is 0.974.